The zero-order valence-electron chi connectivity index (χ0n) is 12.4. The van der Waals surface area contributed by atoms with Crippen LogP contribution in [0, 0.1) is 0 Å². The summed E-state index contributed by atoms with van der Waals surface area (Å²) in [5.74, 6) is 6.61. The summed E-state index contributed by atoms with van der Waals surface area (Å²) in [6.45, 7) is 7.62. The van der Waals surface area contributed by atoms with E-state index >= 15 is 0 Å². The second-order valence-corrected chi connectivity index (χ2v) is 4.70. The maximum absolute atomic E-state index is 5.67. The molecule has 0 saturated heterocycles. The molecule has 0 spiro atoms. The predicted octanol–water partition coefficient (Wildman–Crippen LogP) is 1.80. The molecule has 1 aromatic carbocycles. The molecule has 1 aromatic rings. The number of hydrogen-bond acceptors (Lipinski definition) is 4. The van der Waals surface area contributed by atoms with Crippen LogP contribution in [0.25, 0.3) is 0 Å². The minimum absolute atomic E-state index is 0.275. The summed E-state index contributed by atoms with van der Waals surface area (Å²) in [4.78, 5) is 2.41. The Labute approximate surface area is 116 Å². The molecule has 0 fully saturated rings. The van der Waals surface area contributed by atoms with E-state index in [0.29, 0.717) is 0 Å². The van der Waals surface area contributed by atoms with E-state index in [1.165, 1.54) is 5.56 Å². The molecule has 0 aliphatic heterocycles. The van der Waals surface area contributed by atoms with Crippen LogP contribution in [-0.4, -0.2) is 37.7 Å². The third-order valence-electron chi connectivity index (χ3n) is 3.58. The number of nitrogens with zero attached hydrogens (tertiary/aromatic N) is 1. The van der Waals surface area contributed by atoms with E-state index in [2.05, 4.69) is 30.2 Å². The largest absolute Gasteiger partial charge is 0.496 e. The average molecular weight is 265 g/mol. The molecule has 0 bridgehead atoms. The minimum atomic E-state index is 0.275. The zero-order chi connectivity index (χ0) is 14.1. The third kappa shape index (κ3) is 5.19. The summed E-state index contributed by atoms with van der Waals surface area (Å²) in [5.41, 5.74) is 4.12. The van der Waals surface area contributed by atoms with Gasteiger partial charge in [-0.1, -0.05) is 32.0 Å². The van der Waals surface area contributed by atoms with Crippen LogP contribution < -0.4 is 16.0 Å². The van der Waals surface area contributed by atoms with E-state index in [9.17, 15) is 0 Å². The fraction of sp³-hybridized carbons (Fsp3) is 0.600. The molecule has 0 aliphatic carbocycles. The smallest absolute Gasteiger partial charge is 0.122 e. The number of para-hydroxylation sites is 1. The molecule has 0 saturated carbocycles. The topological polar surface area (TPSA) is 50.5 Å². The van der Waals surface area contributed by atoms with Crippen molar-refractivity contribution in [2.24, 2.45) is 5.84 Å². The lowest BCUT2D eigenvalue weighted by atomic mass is 10.0. The number of hydrazine groups is 1. The van der Waals surface area contributed by atoms with E-state index in [0.717, 1.165) is 38.2 Å². The van der Waals surface area contributed by atoms with Gasteiger partial charge in [-0.15, -0.1) is 0 Å². The molecule has 1 rings (SSSR count). The number of nitrogens with two attached hydrogens (primary N) is 1. The van der Waals surface area contributed by atoms with Gasteiger partial charge in [0.2, 0.25) is 0 Å². The molecular formula is C15H27N3O. The van der Waals surface area contributed by atoms with Crippen molar-refractivity contribution in [3.05, 3.63) is 29.8 Å². The van der Waals surface area contributed by atoms with Crippen molar-refractivity contribution < 1.29 is 4.74 Å². The minimum Gasteiger partial charge on any atom is -0.496 e. The van der Waals surface area contributed by atoms with Gasteiger partial charge in [0.25, 0.3) is 0 Å². The standard InChI is InChI=1S/C15H27N3O/c1-4-18(5-2)11-10-14(17-16)12-13-8-6-7-9-15(13)19-3/h6-9,14,17H,4-5,10-12,16H2,1-3H3. The monoisotopic (exact) mass is 265 g/mol. The molecular weight excluding hydrogens is 238 g/mol. The van der Waals surface area contributed by atoms with Gasteiger partial charge in [-0.05, 0) is 44.1 Å². The number of nitrogens with one attached hydrogen (secondary N) is 1. The summed E-state index contributed by atoms with van der Waals surface area (Å²) in [7, 11) is 1.71. The van der Waals surface area contributed by atoms with Crippen LogP contribution in [-0.2, 0) is 6.42 Å². The van der Waals surface area contributed by atoms with Gasteiger partial charge in [0.05, 0.1) is 7.11 Å². The van der Waals surface area contributed by atoms with Crippen molar-refractivity contribution in [2.45, 2.75) is 32.7 Å². The van der Waals surface area contributed by atoms with Gasteiger partial charge < -0.3 is 9.64 Å². The molecule has 3 N–H and O–H groups in total. The van der Waals surface area contributed by atoms with E-state index in [-0.39, 0.29) is 6.04 Å². The Balaban J connectivity index is 2.56. The maximum atomic E-state index is 5.67. The molecule has 108 valence electrons. The van der Waals surface area contributed by atoms with Crippen molar-refractivity contribution >= 4 is 0 Å². The highest BCUT2D eigenvalue weighted by atomic mass is 16.5. The number of rotatable bonds is 9. The average Bonchev–Trinajstić information content (AvgIpc) is 2.47. The Morgan fingerprint density at radius 1 is 1.26 bits per heavy atom. The Morgan fingerprint density at radius 2 is 1.95 bits per heavy atom. The highest BCUT2D eigenvalue weighted by molar-refractivity contribution is 5.33. The predicted molar refractivity (Wildman–Crippen MR) is 80.2 cm³/mol. The lowest BCUT2D eigenvalue weighted by molar-refractivity contribution is 0.280. The lowest BCUT2D eigenvalue weighted by Crippen LogP contribution is -2.39. The van der Waals surface area contributed by atoms with Crippen LogP contribution in [0.5, 0.6) is 5.75 Å². The summed E-state index contributed by atoms with van der Waals surface area (Å²) in [6, 6.07) is 8.39. The van der Waals surface area contributed by atoms with Crippen molar-refractivity contribution in [3.63, 3.8) is 0 Å². The Hall–Kier alpha value is -1.10. The molecule has 19 heavy (non-hydrogen) atoms. The lowest BCUT2D eigenvalue weighted by Gasteiger charge is -2.22. The summed E-state index contributed by atoms with van der Waals surface area (Å²) in [5, 5.41) is 0. The van der Waals surface area contributed by atoms with Crippen molar-refractivity contribution in [1.82, 2.24) is 10.3 Å². The second-order valence-electron chi connectivity index (χ2n) is 4.70. The Bertz CT molecular complexity index is 353. The van der Waals surface area contributed by atoms with Gasteiger partial charge in [-0.2, -0.15) is 0 Å². The first-order chi connectivity index (χ1) is 9.24. The Morgan fingerprint density at radius 3 is 2.53 bits per heavy atom. The van der Waals surface area contributed by atoms with Crippen LogP contribution in [0.2, 0.25) is 0 Å². The van der Waals surface area contributed by atoms with Crippen molar-refractivity contribution in [3.8, 4) is 5.75 Å². The fourth-order valence-electron chi connectivity index (χ4n) is 2.26. The van der Waals surface area contributed by atoms with Crippen LogP contribution in [0.15, 0.2) is 24.3 Å². The SMILES string of the molecule is CCN(CC)CCC(Cc1ccccc1OC)NN. The summed E-state index contributed by atoms with van der Waals surface area (Å²) >= 11 is 0. The Kier molecular flexibility index (Phi) is 7.48. The molecule has 0 aromatic heterocycles. The summed E-state index contributed by atoms with van der Waals surface area (Å²) in [6.07, 6.45) is 1.93. The van der Waals surface area contributed by atoms with Gasteiger partial charge >= 0.3 is 0 Å². The van der Waals surface area contributed by atoms with Gasteiger partial charge in [0, 0.05) is 6.04 Å². The number of hydrogen-bond donors (Lipinski definition) is 2. The van der Waals surface area contributed by atoms with Gasteiger partial charge in [-0.3, -0.25) is 11.3 Å². The number of ether oxygens (including phenoxy) is 1. The van der Waals surface area contributed by atoms with Crippen molar-refractivity contribution in [2.75, 3.05) is 26.7 Å². The fourth-order valence-corrected chi connectivity index (χ4v) is 2.26. The molecule has 4 nitrogen and oxygen atoms in total. The van der Waals surface area contributed by atoms with E-state index in [1.807, 2.05) is 18.2 Å². The first kappa shape index (κ1) is 16.0. The zero-order valence-corrected chi connectivity index (χ0v) is 12.4. The van der Waals surface area contributed by atoms with Gasteiger partial charge in [-0.25, -0.2) is 0 Å². The van der Waals surface area contributed by atoms with Gasteiger partial charge in [0.15, 0.2) is 0 Å². The van der Waals surface area contributed by atoms with Crippen LogP contribution in [0.3, 0.4) is 0 Å². The number of methoxy groups -OCH3 is 1. The van der Waals surface area contributed by atoms with E-state index < -0.39 is 0 Å². The van der Waals surface area contributed by atoms with Crippen LogP contribution in [0.1, 0.15) is 25.8 Å². The highest BCUT2D eigenvalue weighted by Crippen LogP contribution is 2.19. The molecule has 0 aliphatic rings. The molecule has 1 atom stereocenters. The van der Waals surface area contributed by atoms with Gasteiger partial charge in [0.1, 0.15) is 5.75 Å². The third-order valence-corrected chi connectivity index (χ3v) is 3.58. The highest BCUT2D eigenvalue weighted by Gasteiger charge is 2.12. The first-order valence-electron chi connectivity index (χ1n) is 7.05. The quantitative estimate of drug-likeness (QED) is 0.528. The molecule has 0 amide bonds. The molecule has 0 radical (unpaired) electrons. The summed E-state index contributed by atoms with van der Waals surface area (Å²) < 4.78 is 5.38. The molecule has 4 heteroatoms. The normalized spacial score (nSPS) is 12.7. The van der Waals surface area contributed by atoms with Crippen LogP contribution in [0.4, 0.5) is 0 Å². The van der Waals surface area contributed by atoms with E-state index in [1.54, 1.807) is 7.11 Å². The second kappa shape index (κ2) is 8.91. The first-order valence-corrected chi connectivity index (χ1v) is 7.05. The maximum Gasteiger partial charge on any atom is 0.122 e. The van der Waals surface area contributed by atoms with Crippen molar-refractivity contribution in [1.29, 1.82) is 0 Å². The molecule has 1 unspecified atom stereocenters. The van der Waals surface area contributed by atoms with Crippen LogP contribution >= 0.6 is 0 Å². The van der Waals surface area contributed by atoms with E-state index in [4.69, 9.17) is 10.6 Å². The molecule has 0 heterocycles. The number of benzene rings is 1.